The van der Waals surface area contributed by atoms with Crippen molar-refractivity contribution in [3.8, 4) is 5.75 Å². The normalized spacial score (nSPS) is 15.5. The molecule has 1 saturated heterocycles. The molecule has 0 radical (unpaired) electrons. The molecule has 0 aromatic heterocycles. The Balaban J connectivity index is 1.82. The maximum atomic E-state index is 12.2. The van der Waals surface area contributed by atoms with Gasteiger partial charge in [-0.1, -0.05) is 0 Å². The van der Waals surface area contributed by atoms with Gasteiger partial charge in [-0.05, 0) is 31.2 Å². The molecule has 6 nitrogen and oxygen atoms in total. The van der Waals surface area contributed by atoms with Crippen LogP contribution in [-0.2, 0) is 4.74 Å². The first kappa shape index (κ1) is 16.3. The van der Waals surface area contributed by atoms with Crippen LogP contribution in [0.25, 0.3) is 0 Å². The fraction of sp³-hybridized carbons (Fsp3) is 0.500. The smallest absolute Gasteiger partial charge is 0.409 e. The molecule has 1 heterocycles. The van der Waals surface area contributed by atoms with Crippen LogP contribution in [0.2, 0.25) is 0 Å². The summed E-state index contributed by atoms with van der Waals surface area (Å²) in [4.78, 5) is 27.6. The Kier molecular flexibility index (Phi) is 5.77. The molecule has 1 fully saturated rings. The van der Waals surface area contributed by atoms with E-state index in [0.29, 0.717) is 44.9 Å². The second kappa shape index (κ2) is 7.79. The molecular weight excluding hydrogens is 284 g/mol. The average Bonchev–Trinajstić information content (AvgIpc) is 2.55. The van der Waals surface area contributed by atoms with Gasteiger partial charge >= 0.3 is 6.09 Å². The van der Waals surface area contributed by atoms with Crippen LogP contribution in [0.3, 0.4) is 0 Å². The molecule has 0 N–H and O–H groups in total. The third kappa shape index (κ3) is 4.21. The summed E-state index contributed by atoms with van der Waals surface area (Å²) in [6.07, 6.45) is -0.274. The lowest BCUT2D eigenvalue weighted by atomic mass is 10.1. The minimum absolute atomic E-state index is 0.0761. The van der Waals surface area contributed by atoms with Crippen molar-refractivity contribution in [3.05, 3.63) is 29.8 Å². The Morgan fingerprint density at radius 2 is 1.73 bits per heavy atom. The summed E-state index contributed by atoms with van der Waals surface area (Å²) in [5.74, 6) is 0.812. The maximum Gasteiger partial charge on any atom is 0.409 e. The number of carbonyl (C=O) groups is 2. The fourth-order valence-electron chi connectivity index (χ4n) is 2.37. The van der Waals surface area contributed by atoms with E-state index < -0.39 is 0 Å². The van der Waals surface area contributed by atoms with Gasteiger partial charge in [0.25, 0.3) is 0 Å². The van der Waals surface area contributed by atoms with Crippen LogP contribution in [0.1, 0.15) is 17.3 Å². The highest BCUT2D eigenvalue weighted by Gasteiger charge is 2.23. The largest absolute Gasteiger partial charge is 0.497 e. The molecule has 0 spiro atoms. The van der Waals surface area contributed by atoms with E-state index in [-0.39, 0.29) is 11.9 Å². The highest BCUT2D eigenvalue weighted by Crippen LogP contribution is 2.13. The third-order valence-corrected chi connectivity index (χ3v) is 3.68. The number of ketones is 1. The summed E-state index contributed by atoms with van der Waals surface area (Å²) in [5.41, 5.74) is 0.675. The van der Waals surface area contributed by atoms with Gasteiger partial charge in [0.1, 0.15) is 5.75 Å². The van der Waals surface area contributed by atoms with Crippen molar-refractivity contribution in [2.45, 2.75) is 6.92 Å². The number of ether oxygens (including phenoxy) is 2. The van der Waals surface area contributed by atoms with Crippen molar-refractivity contribution in [2.24, 2.45) is 0 Å². The second-order valence-corrected chi connectivity index (χ2v) is 5.11. The van der Waals surface area contributed by atoms with Crippen molar-refractivity contribution in [2.75, 3.05) is 46.4 Å². The van der Waals surface area contributed by atoms with Crippen LogP contribution < -0.4 is 4.74 Å². The van der Waals surface area contributed by atoms with Crippen molar-refractivity contribution in [1.29, 1.82) is 0 Å². The van der Waals surface area contributed by atoms with Gasteiger partial charge in [-0.15, -0.1) is 0 Å². The Bertz CT molecular complexity index is 507. The molecule has 2 rings (SSSR count). The third-order valence-electron chi connectivity index (χ3n) is 3.68. The van der Waals surface area contributed by atoms with Gasteiger partial charge < -0.3 is 14.4 Å². The number of methoxy groups -OCH3 is 1. The van der Waals surface area contributed by atoms with E-state index in [4.69, 9.17) is 9.47 Å². The summed E-state index contributed by atoms with van der Waals surface area (Å²) in [5, 5.41) is 0. The summed E-state index contributed by atoms with van der Waals surface area (Å²) in [6.45, 7) is 5.09. The molecule has 0 aliphatic carbocycles. The lowest BCUT2D eigenvalue weighted by Crippen LogP contribution is -2.50. The number of Topliss-reactive ketones (excluding diaryl/α,β-unsaturated/α-hetero) is 1. The number of carbonyl (C=O) groups excluding carboxylic acids is 2. The minimum Gasteiger partial charge on any atom is -0.497 e. The van der Waals surface area contributed by atoms with E-state index in [0.717, 1.165) is 5.75 Å². The summed E-state index contributed by atoms with van der Waals surface area (Å²) >= 11 is 0. The molecule has 0 unspecified atom stereocenters. The van der Waals surface area contributed by atoms with Crippen LogP contribution >= 0.6 is 0 Å². The van der Waals surface area contributed by atoms with E-state index >= 15 is 0 Å². The Labute approximate surface area is 130 Å². The molecule has 1 aromatic rings. The van der Waals surface area contributed by atoms with Crippen LogP contribution in [-0.4, -0.2) is 68.1 Å². The zero-order valence-corrected chi connectivity index (χ0v) is 13.1. The van der Waals surface area contributed by atoms with E-state index in [9.17, 15) is 9.59 Å². The SMILES string of the molecule is CCOC(=O)N1CCN(CC(=O)c2ccc(OC)cc2)CC1. The molecule has 0 atom stereocenters. The monoisotopic (exact) mass is 306 g/mol. The molecule has 22 heavy (non-hydrogen) atoms. The number of benzene rings is 1. The van der Waals surface area contributed by atoms with Crippen molar-refractivity contribution >= 4 is 11.9 Å². The molecule has 6 heteroatoms. The summed E-state index contributed by atoms with van der Waals surface area (Å²) in [6, 6.07) is 7.11. The van der Waals surface area contributed by atoms with E-state index in [1.807, 2.05) is 0 Å². The Hall–Kier alpha value is -2.08. The topological polar surface area (TPSA) is 59.1 Å². The molecule has 1 aliphatic heterocycles. The number of nitrogens with zero attached hydrogens (tertiary/aromatic N) is 2. The number of piperazine rings is 1. The van der Waals surface area contributed by atoms with E-state index in [1.165, 1.54) is 0 Å². The van der Waals surface area contributed by atoms with Gasteiger partial charge in [0.2, 0.25) is 0 Å². The van der Waals surface area contributed by atoms with Gasteiger partial charge in [-0.3, -0.25) is 9.69 Å². The van der Waals surface area contributed by atoms with Crippen LogP contribution in [0.4, 0.5) is 4.79 Å². The van der Waals surface area contributed by atoms with Crippen LogP contribution in [0.15, 0.2) is 24.3 Å². The zero-order valence-electron chi connectivity index (χ0n) is 13.1. The van der Waals surface area contributed by atoms with E-state index in [1.54, 1.807) is 43.2 Å². The van der Waals surface area contributed by atoms with Crippen LogP contribution in [0.5, 0.6) is 5.75 Å². The fourth-order valence-corrected chi connectivity index (χ4v) is 2.37. The lowest BCUT2D eigenvalue weighted by Gasteiger charge is -2.33. The standard InChI is InChI=1S/C16H22N2O4/c1-3-22-16(20)18-10-8-17(9-11-18)12-15(19)13-4-6-14(21-2)7-5-13/h4-7H,3,8-12H2,1-2H3. The molecule has 1 aromatic carbocycles. The summed E-state index contributed by atoms with van der Waals surface area (Å²) < 4.78 is 10.1. The van der Waals surface area contributed by atoms with Gasteiger partial charge in [0, 0.05) is 31.7 Å². The first-order valence-electron chi connectivity index (χ1n) is 7.45. The lowest BCUT2D eigenvalue weighted by molar-refractivity contribution is 0.0733. The Morgan fingerprint density at radius 3 is 2.27 bits per heavy atom. The van der Waals surface area contributed by atoms with E-state index in [2.05, 4.69) is 4.90 Å². The molecule has 1 aliphatic rings. The highest BCUT2D eigenvalue weighted by atomic mass is 16.6. The maximum absolute atomic E-state index is 12.2. The second-order valence-electron chi connectivity index (χ2n) is 5.11. The average molecular weight is 306 g/mol. The van der Waals surface area contributed by atoms with Gasteiger partial charge in [0.15, 0.2) is 5.78 Å². The summed E-state index contributed by atoms with van der Waals surface area (Å²) in [7, 11) is 1.60. The van der Waals surface area contributed by atoms with Crippen molar-refractivity contribution < 1.29 is 19.1 Å². The van der Waals surface area contributed by atoms with Gasteiger partial charge in [-0.25, -0.2) is 4.79 Å². The van der Waals surface area contributed by atoms with Crippen molar-refractivity contribution in [3.63, 3.8) is 0 Å². The molecular formula is C16H22N2O4. The van der Waals surface area contributed by atoms with Crippen molar-refractivity contribution in [1.82, 2.24) is 9.80 Å². The van der Waals surface area contributed by atoms with Gasteiger partial charge in [0.05, 0.1) is 20.3 Å². The number of hydrogen-bond acceptors (Lipinski definition) is 5. The predicted octanol–water partition coefficient (Wildman–Crippen LogP) is 1.65. The molecule has 0 bridgehead atoms. The first-order valence-corrected chi connectivity index (χ1v) is 7.45. The highest BCUT2D eigenvalue weighted by molar-refractivity contribution is 5.97. The number of hydrogen-bond donors (Lipinski definition) is 0. The predicted molar refractivity (Wildman–Crippen MR) is 82.4 cm³/mol. The van der Waals surface area contributed by atoms with Crippen LogP contribution in [0, 0.1) is 0 Å². The Morgan fingerprint density at radius 1 is 1.09 bits per heavy atom. The van der Waals surface area contributed by atoms with Gasteiger partial charge in [-0.2, -0.15) is 0 Å². The molecule has 0 saturated carbocycles. The number of amides is 1. The first-order chi connectivity index (χ1) is 10.6. The number of rotatable bonds is 5. The zero-order chi connectivity index (χ0) is 15.9. The molecule has 120 valence electrons. The molecule has 1 amide bonds. The quantitative estimate of drug-likeness (QED) is 0.774. The minimum atomic E-state index is -0.274.